The van der Waals surface area contributed by atoms with Gasteiger partial charge in [0.05, 0.1) is 24.8 Å². The molecule has 0 aliphatic heterocycles. The van der Waals surface area contributed by atoms with Crippen LogP contribution in [0.2, 0.25) is 0 Å². The summed E-state index contributed by atoms with van der Waals surface area (Å²) in [5.41, 5.74) is 1.11. The molecule has 2 rings (SSSR count). The van der Waals surface area contributed by atoms with Gasteiger partial charge < -0.3 is 9.47 Å². The molecule has 0 aliphatic carbocycles. The molecule has 0 bridgehead atoms. The zero-order chi connectivity index (χ0) is 17.2. The smallest absolute Gasteiger partial charge is 0.262 e. The van der Waals surface area contributed by atoms with Crippen molar-refractivity contribution in [2.45, 2.75) is 18.7 Å². The van der Waals surface area contributed by atoms with Gasteiger partial charge in [0.2, 0.25) is 0 Å². The maximum atomic E-state index is 13.8. The van der Waals surface area contributed by atoms with E-state index in [1.54, 1.807) is 26.0 Å². The van der Waals surface area contributed by atoms with E-state index >= 15 is 0 Å². The maximum Gasteiger partial charge on any atom is 0.262 e. The molecule has 0 saturated carbocycles. The minimum Gasteiger partial charge on any atom is -0.493 e. The lowest BCUT2D eigenvalue weighted by Crippen LogP contribution is -2.15. The number of hydrogen-bond acceptors (Lipinski definition) is 4. The number of sulfonamides is 1. The molecule has 2 aromatic carbocycles. The monoisotopic (exact) mass is 339 g/mol. The highest BCUT2D eigenvalue weighted by atomic mass is 32.2. The first-order chi connectivity index (χ1) is 10.8. The third-order valence-corrected chi connectivity index (χ3v) is 4.84. The van der Waals surface area contributed by atoms with Gasteiger partial charge in [-0.1, -0.05) is 6.07 Å². The number of methoxy groups -OCH3 is 2. The van der Waals surface area contributed by atoms with Crippen LogP contribution in [-0.2, 0) is 10.0 Å². The van der Waals surface area contributed by atoms with Crippen molar-refractivity contribution < 1.29 is 22.3 Å². The van der Waals surface area contributed by atoms with E-state index in [0.29, 0.717) is 11.3 Å². The Morgan fingerprint density at radius 2 is 1.61 bits per heavy atom. The van der Waals surface area contributed by atoms with Crippen molar-refractivity contribution in [3.05, 3.63) is 47.3 Å². The number of hydrogen-bond donors (Lipinski definition) is 1. The summed E-state index contributed by atoms with van der Waals surface area (Å²) < 4.78 is 51.5. The lowest BCUT2D eigenvalue weighted by Gasteiger charge is -2.15. The van der Waals surface area contributed by atoms with Gasteiger partial charge in [-0.15, -0.1) is 0 Å². The summed E-state index contributed by atoms with van der Waals surface area (Å²) in [7, 11) is -1.09. The Morgan fingerprint density at radius 1 is 1.00 bits per heavy atom. The van der Waals surface area contributed by atoms with Crippen LogP contribution in [0.5, 0.6) is 11.5 Å². The van der Waals surface area contributed by atoms with Gasteiger partial charge in [-0.25, -0.2) is 12.8 Å². The van der Waals surface area contributed by atoms with Crippen LogP contribution in [0.25, 0.3) is 0 Å². The second kappa shape index (κ2) is 6.45. The lowest BCUT2D eigenvalue weighted by molar-refractivity contribution is 0.353. The fraction of sp³-hybridized carbons (Fsp3) is 0.250. The Bertz CT molecular complexity index is 834. The molecule has 0 saturated heterocycles. The van der Waals surface area contributed by atoms with Gasteiger partial charge in [-0.3, -0.25) is 4.72 Å². The van der Waals surface area contributed by atoms with E-state index < -0.39 is 15.8 Å². The van der Waals surface area contributed by atoms with Crippen molar-refractivity contribution in [1.29, 1.82) is 0 Å². The largest absolute Gasteiger partial charge is 0.493 e. The van der Waals surface area contributed by atoms with Crippen molar-refractivity contribution in [3.63, 3.8) is 0 Å². The Morgan fingerprint density at radius 3 is 2.22 bits per heavy atom. The fourth-order valence-corrected chi connectivity index (χ4v) is 3.47. The van der Waals surface area contributed by atoms with Crippen molar-refractivity contribution in [2.75, 3.05) is 18.9 Å². The number of ether oxygens (including phenoxy) is 2. The molecule has 5 nitrogen and oxygen atoms in total. The molecule has 1 N–H and O–H groups in total. The summed E-state index contributed by atoms with van der Waals surface area (Å²) in [6.07, 6.45) is 0. The first-order valence-corrected chi connectivity index (χ1v) is 8.28. The van der Waals surface area contributed by atoms with Crippen molar-refractivity contribution in [2.24, 2.45) is 0 Å². The molecular weight excluding hydrogens is 321 g/mol. The molecule has 0 aliphatic rings. The molecule has 0 fully saturated rings. The molecule has 2 aromatic rings. The van der Waals surface area contributed by atoms with Crippen LogP contribution in [0.4, 0.5) is 10.1 Å². The number of nitrogens with one attached hydrogen (secondary N) is 1. The highest BCUT2D eigenvalue weighted by molar-refractivity contribution is 7.92. The van der Waals surface area contributed by atoms with E-state index in [0.717, 1.165) is 5.56 Å². The summed E-state index contributed by atoms with van der Waals surface area (Å²) in [4.78, 5) is -0.00365. The van der Waals surface area contributed by atoms with Crippen LogP contribution in [-0.4, -0.2) is 22.6 Å². The minimum atomic E-state index is -3.97. The fourth-order valence-electron chi connectivity index (χ4n) is 2.17. The van der Waals surface area contributed by atoms with Gasteiger partial charge in [0.1, 0.15) is 5.82 Å². The Labute approximate surface area is 135 Å². The van der Waals surface area contributed by atoms with Gasteiger partial charge in [-0.2, -0.15) is 0 Å². The Kier molecular flexibility index (Phi) is 4.79. The maximum absolute atomic E-state index is 13.8. The SMILES string of the molecule is COc1cc(C)c(S(=O)(=O)Nc2cc(C)ccc2F)cc1OC. The van der Waals surface area contributed by atoms with Crippen LogP contribution in [0.1, 0.15) is 11.1 Å². The third kappa shape index (κ3) is 3.56. The predicted octanol–water partition coefficient (Wildman–Crippen LogP) is 3.26. The summed E-state index contributed by atoms with van der Waals surface area (Å²) >= 11 is 0. The number of aryl methyl sites for hydroxylation is 2. The third-order valence-electron chi connectivity index (χ3n) is 3.34. The van der Waals surface area contributed by atoms with Crippen molar-refractivity contribution >= 4 is 15.7 Å². The molecule has 0 atom stereocenters. The number of rotatable bonds is 5. The van der Waals surface area contributed by atoms with Gasteiger partial charge in [0.25, 0.3) is 10.0 Å². The van der Waals surface area contributed by atoms with E-state index in [1.165, 1.54) is 32.4 Å². The van der Waals surface area contributed by atoms with Gasteiger partial charge in [-0.05, 0) is 43.2 Å². The quantitative estimate of drug-likeness (QED) is 0.908. The molecule has 0 unspecified atom stereocenters. The molecular formula is C16H18FNO4S. The predicted molar refractivity (Wildman–Crippen MR) is 86.2 cm³/mol. The normalized spacial score (nSPS) is 11.2. The van der Waals surface area contributed by atoms with Crippen molar-refractivity contribution in [3.8, 4) is 11.5 Å². The lowest BCUT2D eigenvalue weighted by atomic mass is 10.2. The van der Waals surface area contributed by atoms with Gasteiger partial charge in [0.15, 0.2) is 11.5 Å². The van der Waals surface area contributed by atoms with Gasteiger partial charge in [0, 0.05) is 6.07 Å². The summed E-state index contributed by atoms with van der Waals surface area (Å²) in [6.45, 7) is 3.38. The standard InChI is InChI=1S/C16H18FNO4S/c1-10-5-6-12(17)13(7-10)18-23(19,20)16-9-15(22-4)14(21-3)8-11(16)2/h5-9,18H,1-4H3. The molecule has 0 spiro atoms. The van der Waals surface area contributed by atoms with Crippen LogP contribution >= 0.6 is 0 Å². The average Bonchev–Trinajstić information content (AvgIpc) is 2.50. The van der Waals surface area contributed by atoms with E-state index in [1.807, 2.05) is 0 Å². The molecule has 23 heavy (non-hydrogen) atoms. The topological polar surface area (TPSA) is 64.6 Å². The minimum absolute atomic E-state index is 0.00365. The van der Waals surface area contributed by atoms with E-state index in [9.17, 15) is 12.8 Å². The molecule has 0 radical (unpaired) electrons. The average molecular weight is 339 g/mol. The summed E-state index contributed by atoms with van der Waals surface area (Å²) in [6, 6.07) is 7.12. The van der Waals surface area contributed by atoms with Crippen LogP contribution in [0.15, 0.2) is 35.2 Å². The zero-order valence-corrected chi connectivity index (χ0v) is 14.1. The zero-order valence-electron chi connectivity index (χ0n) is 13.3. The number of anilines is 1. The second-order valence-electron chi connectivity index (χ2n) is 5.06. The van der Waals surface area contributed by atoms with E-state index in [2.05, 4.69) is 4.72 Å². The highest BCUT2D eigenvalue weighted by Gasteiger charge is 2.21. The van der Waals surface area contributed by atoms with Gasteiger partial charge >= 0.3 is 0 Å². The molecule has 124 valence electrons. The molecule has 0 aromatic heterocycles. The molecule has 0 heterocycles. The van der Waals surface area contributed by atoms with E-state index in [4.69, 9.17) is 9.47 Å². The number of halogens is 1. The number of benzene rings is 2. The Hall–Kier alpha value is -2.28. The van der Waals surface area contributed by atoms with Crippen LogP contribution in [0.3, 0.4) is 0 Å². The second-order valence-corrected chi connectivity index (χ2v) is 6.71. The van der Waals surface area contributed by atoms with Crippen LogP contribution in [0, 0.1) is 19.7 Å². The summed E-state index contributed by atoms with van der Waals surface area (Å²) in [5, 5.41) is 0. The van der Waals surface area contributed by atoms with E-state index in [-0.39, 0.29) is 16.3 Å². The molecule has 0 amide bonds. The van der Waals surface area contributed by atoms with Crippen molar-refractivity contribution in [1.82, 2.24) is 0 Å². The highest BCUT2D eigenvalue weighted by Crippen LogP contribution is 2.33. The van der Waals surface area contributed by atoms with Crippen LogP contribution < -0.4 is 14.2 Å². The first kappa shape index (κ1) is 17.1. The molecule has 7 heteroatoms. The first-order valence-electron chi connectivity index (χ1n) is 6.80. The summed E-state index contributed by atoms with van der Waals surface area (Å²) in [5.74, 6) is 0.0613. The Balaban J connectivity index is 2.49.